The monoisotopic (exact) mass is 396 g/mol. The molecule has 0 bridgehead atoms. The van der Waals surface area contributed by atoms with Gasteiger partial charge in [-0.15, -0.1) is 11.3 Å². The molecule has 144 valence electrons. The van der Waals surface area contributed by atoms with Crippen molar-refractivity contribution < 1.29 is 14.3 Å². The third-order valence-corrected chi connectivity index (χ3v) is 5.88. The number of nitrogens with zero attached hydrogens (tertiary/aromatic N) is 2. The van der Waals surface area contributed by atoms with E-state index in [-0.39, 0.29) is 18.3 Å². The summed E-state index contributed by atoms with van der Waals surface area (Å²) in [5.74, 6) is -0.445. The van der Waals surface area contributed by atoms with E-state index in [2.05, 4.69) is 4.98 Å². The van der Waals surface area contributed by atoms with Crippen LogP contribution in [-0.4, -0.2) is 39.6 Å². The maximum Gasteiger partial charge on any atom is 0.273 e. The Bertz CT molecular complexity index is 958. The topological polar surface area (TPSA) is 53.4 Å². The molecular formula is C22H21FN2O2S. The number of aromatic nitrogens is 1. The van der Waals surface area contributed by atoms with E-state index >= 15 is 0 Å². The second-order valence-corrected chi connectivity index (χ2v) is 8.24. The van der Waals surface area contributed by atoms with E-state index in [0.717, 1.165) is 16.1 Å². The normalized spacial score (nSPS) is 19.1. The van der Waals surface area contributed by atoms with Crippen molar-refractivity contribution in [3.8, 4) is 0 Å². The number of β-amino-alcohol motifs (C(OH)–C–C–N with tert-alkyl or cyclic N) is 1. The summed E-state index contributed by atoms with van der Waals surface area (Å²) >= 11 is 1.48. The largest absolute Gasteiger partial charge is 0.388 e. The van der Waals surface area contributed by atoms with E-state index in [0.29, 0.717) is 31.5 Å². The molecule has 2 aromatic carbocycles. The lowest BCUT2D eigenvalue weighted by Crippen LogP contribution is -2.37. The summed E-state index contributed by atoms with van der Waals surface area (Å²) in [6.07, 6.45) is 1.60. The van der Waals surface area contributed by atoms with Crippen molar-refractivity contribution in [1.82, 2.24) is 9.88 Å². The van der Waals surface area contributed by atoms with Gasteiger partial charge in [0.15, 0.2) is 0 Å². The van der Waals surface area contributed by atoms with Crippen LogP contribution in [0.15, 0.2) is 60.0 Å². The van der Waals surface area contributed by atoms with Gasteiger partial charge in [0.2, 0.25) is 0 Å². The van der Waals surface area contributed by atoms with Gasteiger partial charge in [0.1, 0.15) is 11.5 Å². The zero-order valence-corrected chi connectivity index (χ0v) is 16.2. The third kappa shape index (κ3) is 4.29. The Balaban J connectivity index is 1.40. The zero-order chi connectivity index (χ0) is 19.6. The molecule has 1 atom stereocenters. The molecule has 0 radical (unpaired) electrons. The zero-order valence-electron chi connectivity index (χ0n) is 15.3. The van der Waals surface area contributed by atoms with Crippen molar-refractivity contribution in [3.63, 3.8) is 0 Å². The Morgan fingerprint density at radius 2 is 1.89 bits per heavy atom. The smallest absolute Gasteiger partial charge is 0.273 e. The fourth-order valence-corrected chi connectivity index (χ4v) is 4.38. The molecule has 1 unspecified atom stereocenters. The molecule has 1 saturated heterocycles. The molecule has 0 spiro atoms. The average molecular weight is 396 g/mol. The highest BCUT2D eigenvalue weighted by atomic mass is 32.1. The van der Waals surface area contributed by atoms with Gasteiger partial charge in [-0.25, -0.2) is 9.37 Å². The van der Waals surface area contributed by atoms with Gasteiger partial charge in [0.05, 0.1) is 17.2 Å². The Labute approximate surface area is 167 Å². The predicted octanol–water partition coefficient (Wildman–Crippen LogP) is 3.69. The minimum absolute atomic E-state index is 0.148. The first-order valence-electron chi connectivity index (χ1n) is 9.25. The van der Waals surface area contributed by atoms with Gasteiger partial charge in [-0.2, -0.15) is 0 Å². The highest BCUT2D eigenvalue weighted by Crippen LogP contribution is 2.27. The van der Waals surface area contributed by atoms with E-state index in [1.165, 1.54) is 23.5 Å². The molecule has 6 heteroatoms. The van der Waals surface area contributed by atoms with E-state index < -0.39 is 5.60 Å². The maximum atomic E-state index is 13.1. The summed E-state index contributed by atoms with van der Waals surface area (Å²) in [5, 5.41) is 13.6. The molecule has 4 nitrogen and oxygen atoms in total. The first-order chi connectivity index (χ1) is 13.5. The highest BCUT2D eigenvalue weighted by molar-refractivity contribution is 7.09. The first kappa shape index (κ1) is 18.8. The van der Waals surface area contributed by atoms with Gasteiger partial charge in [-0.05, 0) is 29.7 Å². The van der Waals surface area contributed by atoms with Crippen LogP contribution in [-0.2, 0) is 12.8 Å². The van der Waals surface area contributed by atoms with Crippen LogP contribution in [0.2, 0.25) is 0 Å². The lowest BCUT2D eigenvalue weighted by Gasteiger charge is -2.23. The summed E-state index contributed by atoms with van der Waals surface area (Å²) in [4.78, 5) is 19.0. The standard InChI is InChI=1S/C22H21FN2O2S/c23-18-8-6-17(7-9-18)13-22(27)10-11-25(15-22)21(26)19-14-28-20(24-19)12-16-4-2-1-3-5-16/h1-9,14,27H,10-13,15H2. The number of thiazole rings is 1. The molecular weight excluding hydrogens is 375 g/mol. The molecule has 0 aliphatic carbocycles. The lowest BCUT2D eigenvalue weighted by atomic mass is 9.94. The Hall–Kier alpha value is -2.57. The minimum Gasteiger partial charge on any atom is -0.388 e. The molecule has 1 fully saturated rings. The summed E-state index contributed by atoms with van der Waals surface area (Å²) in [5.41, 5.74) is 1.46. The number of carbonyl (C=O) groups excluding carboxylic acids is 1. The van der Waals surface area contributed by atoms with Crippen LogP contribution < -0.4 is 0 Å². The molecule has 2 heterocycles. The van der Waals surface area contributed by atoms with Crippen LogP contribution in [0.4, 0.5) is 4.39 Å². The van der Waals surface area contributed by atoms with Crippen LogP contribution in [0, 0.1) is 5.82 Å². The molecule has 1 N–H and O–H groups in total. The Morgan fingerprint density at radius 3 is 2.64 bits per heavy atom. The number of rotatable bonds is 5. The van der Waals surface area contributed by atoms with Crippen LogP contribution in [0.1, 0.15) is 33.0 Å². The molecule has 4 rings (SSSR count). The van der Waals surface area contributed by atoms with E-state index in [1.807, 2.05) is 30.3 Å². The molecule has 3 aromatic rings. The first-order valence-corrected chi connectivity index (χ1v) is 10.1. The van der Waals surface area contributed by atoms with Gasteiger partial charge in [-0.3, -0.25) is 4.79 Å². The van der Waals surface area contributed by atoms with Crippen molar-refractivity contribution in [1.29, 1.82) is 0 Å². The number of aliphatic hydroxyl groups is 1. The number of carbonyl (C=O) groups is 1. The van der Waals surface area contributed by atoms with Crippen molar-refractivity contribution in [2.75, 3.05) is 13.1 Å². The number of halogens is 1. The van der Waals surface area contributed by atoms with E-state index in [4.69, 9.17) is 0 Å². The summed E-state index contributed by atoms with van der Waals surface area (Å²) in [7, 11) is 0. The summed E-state index contributed by atoms with van der Waals surface area (Å²) in [6.45, 7) is 0.747. The molecule has 1 aliphatic heterocycles. The summed E-state index contributed by atoms with van der Waals surface area (Å²) in [6, 6.07) is 16.2. The van der Waals surface area contributed by atoms with Gasteiger partial charge in [0.25, 0.3) is 5.91 Å². The van der Waals surface area contributed by atoms with Crippen molar-refractivity contribution >= 4 is 17.2 Å². The molecule has 28 heavy (non-hydrogen) atoms. The van der Waals surface area contributed by atoms with Crippen LogP contribution >= 0.6 is 11.3 Å². The predicted molar refractivity (Wildman–Crippen MR) is 107 cm³/mol. The van der Waals surface area contributed by atoms with Crippen LogP contribution in [0.3, 0.4) is 0 Å². The van der Waals surface area contributed by atoms with Gasteiger partial charge < -0.3 is 10.0 Å². The number of amides is 1. The molecule has 1 amide bonds. The summed E-state index contributed by atoms with van der Waals surface area (Å²) < 4.78 is 13.1. The van der Waals surface area contributed by atoms with Crippen LogP contribution in [0.5, 0.6) is 0 Å². The average Bonchev–Trinajstić information content (AvgIpc) is 3.31. The SMILES string of the molecule is O=C(c1csc(Cc2ccccc2)n1)N1CCC(O)(Cc2ccc(F)cc2)C1. The van der Waals surface area contributed by atoms with E-state index in [9.17, 15) is 14.3 Å². The lowest BCUT2D eigenvalue weighted by molar-refractivity contribution is 0.0443. The number of hydrogen-bond acceptors (Lipinski definition) is 4. The maximum absolute atomic E-state index is 13.1. The fraction of sp³-hybridized carbons (Fsp3) is 0.273. The Morgan fingerprint density at radius 1 is 1.14 bits per heavy atom. The van der Waals surface area contributed by atoms with Crippen molar-refractivity contribution in [2.24, 2.45) is 0 Å². The quantitative estimate of drug-likeness (QED) is 0.716. The molecule has 1 aromatic heterocycles. The number of benzene rings is 2. The fourth-order valence-electron chi connectivity index (χ4n) is 3.58. The van der Waals surface area contributed by atoms with Gasteiger partial charge in [-0.1, -0.05) is 42.5 Å². The molecule has 0 saturated carbocycles. The third-order valence-electron chi connectivity index (χ3n) is 5.03. The second-order valence-electron chi connectivity index (χ2n) is 7.29. The second kappa shape index (κ2) is 7.81. The Kier molecular flexibility index (Phi) is 5.24. The van der Waals surface area contributed by atoms with Crippen LogP contribution in [0.25, 0.3) is 0 Å². The number of likely N-dealkylation sites (tertiary alicyclic amines) is 1. The highest BCUT2D eigenvalue weighted by Gasteiger charge is 2.39. The van der Waals surface area contributed by atoms with Gasteiger partial charge >= 0.3 is 0 Å². The van der Waals surface area contributed by atoms with Crippen molar-refractivity contribution in [2.45, 2.75) is 24.9 Å². The van der Waals surface area contributed by atoms with Crippen molar-refractivity contribution in [3.05, 3.63) is 87.6 Å². The van der Waals surface area contributed by atoms with Gasteiger partial charge in [0, 0.05) is 24.8 Å². The van der Waals surface area contributed by atoms with E-state index in [1.54, 1.807) is 22.4 Å². The molecule has 1 aliphatic rings. The number of hydrogen-bond donors (Lipinski definition) is 1. The minimum atomic E-state index is -0.990.